The van der Waals surface area contributed by atoms with Crippen LogP contribution in [0.15, 0.2) is 48.6 Å². The molecule has 0 saturated heterocycles. The van der Waals surface area contributed by atoms with Crippen LogP contribution in [0.1, 0.15) is 106 Å². The van der Waals surface area contributed by atoms with Gasteiger partial charge in [-0.25, -0.2) is 0 Å². The van der Waals surface area contributed by atoms with Gasteiger partial charge in [0.2, 0.25) is 0 Å². The van der Waals surface area contributed by atoms with Crippen molar-refractivity contribution in [2.45, 2.75) is 109 Å². The van der Waals surface area contributed by atoms with Crippen molar-refractivity contribution in [3.8, 4) is 39.9 Å². The van der Waals surface area contributed by atoms with Gasteiger partial charge in [0.05, 0.1) is 19.3 Å². The molecular formula is C45H58O8. The Morgan fingerprint density at radius 3 is 2.51 bits per heavy atom. The number of fused-ring (bicyclic) bond motifs is 5. The van der Waals surface area contributed by atoms with Gasteiger partial charge in [-0.15, -0.1) is 0 Å². The Balaban J connectivity index is 1.30. The predicted octanol–water partition coefficient (Wildman–Crippen LogP) is 8.18. The van der Waals surface area contributed by atoms with Gasteiger partial charge < -0.3 is 39.7 Å². The molecule has 8 heteroatoms. The molecule has 3 aromatic carbocycles. The molecule has 1 heterocycles. The topological polar surface area (TPSA) is 129 Å². The number of hydrogen-bond acceptors (Lipinski definition) is 8. The number of phenolic OH excluding ortho intramolecular Hbond substituents is 2. The number of methoxy groups -OCH3 is 1. The van der Waals surface area contributed by atoms with Crippen LogP contribution in [-0.4, -0.2) is 58.1 Å². The smallest absolute Gasteiger partial charge is 0.161 e. The molecule has 3 aliphatic carbocycles. The SMILES string of the molecule is CCC1CC(C2Cc3cc(O)c(CC(C)C)cc3-c3c(OC)cc4c(c32)CC(O)C(c2ccc(O)c(OC3CCCC(CO)C3)c2)O4)C=CC1CCO. The van der Waals surface area contributed by atoms with Gasteiger partial charge in [0.25, 0.3) is 0 Å². The lowest BCUT2D eigenvalue weighted by atomic mass is 9.65. The number of aromatic hydroxyl groups is 2. The number of benzene rings is 3. The first-order valence-electron chi connectivity index (χ1n) is 19.9. The Hall–Kier alpha value is -3.72. The first-order chi connectivity index (χ1) is 25.6. The zero-order chi connectivity index (χ0) is 37.4. The molecule has 0 radical (unpaired) electrons. The predicted molar refractivity (Wildman–Crippen MR) is 206 cm³/mol. The second kappa shape index (κ2) is 15.9. The Kier molecular flexibility index (Phi) is 11.3. The van der Waals surface area contributed by atoms with Gasteiger partial charge in [0, 0.05) is 36.8 Å². The van der Waals surface area contributed by atoms with E-state index in [1.165, 1.54) is 0 Å². The zero-order valence-corrected chi connectivity index (χ0v) is 31.8. The Morgan fingerprint density at radius 1 is 0.943 bits per heavy atom. The summed E-state index contributed by atoms with van der Waals surface area (Å²) in [6.45, 7) is 6.86. The van der Waals surface area contributed by atoms with Crippen LogP contribution in [0.5, 0.6) is 28.7 Å². The van der Waals surface area contributed by atoms with E-state index in [4.69, 9.17) is 14.2 Å². The third kappa shape index (κ3) is 7.52. The summed E-state index contributed by atoms with van der Waals surface area (Å²) in [5.74, 6) is 3.77. The van der Waals surface area contributed by atoms with Crippen molar-refractivity contribution in [1.82, 2.24) is 0 Å². The van der Waals surface area contributed by atoms with Crippen LogP contribution in [-0.2, 0) is 19.3 Å². The highest BCUT2D eigenvalue weighted by Crippen LogP contribution is 2.56. The quantitative estimate of drug-likeness (QED) is 0.125. The summed E-state index contributed by atoms with van der Waals surface area (Å²) < 4.78 is 19.3. The molecule has 1 aliphatic heterocycles. The molecule has 1 saturated carbocycles. The van der Waals surface area contributed by atoms with Crippen LogP contribution >= 0.6 is 0 Å². The fourth-order valence-corrected chi connectivity index (χ4v) is 9.86. The third-order valence-electron chi connectivity index (χ3n) is 12.5. The molecule has 0 spiro atoms. The van der Waals surface area contributed by atoms with E-state index in [9.17, 15) is 25.5 Å². The summed E-state index contributed by atoms with van der Waals surface area (Å²) in [6, 6.07) is 11.3. The van der Waals surface area contributed by atoms with Crippen molar-refractivity contribution in [3.63, 3.8) is 0 Å². The average molecular weight is 727 g/mol. The Labute approximate surface area is 314 Å². The van der Waals surface area contributed by atoms with Gasteiger partial charge in [-0.3, -0.25) is 0 Å². The van der Waals surface area contributed by atoms with E-state index < -0.39 is 12.2 Å². The molecule has 0 bridgehead atoms. The minimum absolute atomic E-state index is 0.0397. The van der Waals surface area contributed by atoms with Crippen molar-refractivity contribution in [2.75, 3.05) is 20.3 Å². The molecule has 0 aromatic heterocycles. The largest absolute Gasteiger partial charge is 0.508 e. The minimum Gasteiger partial charge on any atom is -0.508 e. The van der Waals surface area contributed by atoms with Crippen molar-refractivity contribution in [2.24, 2.45) is 29.6 Å². The van der Waals surface area contributed by atoms with E-state index in [0.29, 0.717) is 52.7 Å². The normalized spacial score (nSPS) is 27.8. The number of aliphatic hydroxyl groups is 3. The first-order valence-corrected chi connectivity index (χ1v) is 19.9. The third-order valence-corrected chi connectivity index (χ3v) is 12.5. The van der Waals surface area contributed by atoms with E-state index in [2.05, 4.69) is 39.0 Å². The zero-order valence-electron chi connectivity index (χ0n) is 31.8. The van der Waals surface area contributed by atoms with Crippen LogP contribution in [0.25, 0.3) is 11.1 Å². The minimum atomic E-state index is -0.858. The molecular weight excluding hydrogens is 668 g/mol. The van der Waals surface area contributed by atoms with E-state index in [-0.39, 0.29) is 42.8 Å². The van der Waals surface area contributed by atoms with Crippen LogP contribution in [0.4, 0.5) is 0 Å². The highest BCUT2D eigenvalue weighted by Gasteiger charge is 2.42. The Morgan fingerprint density at radius 2 is 1.77 bits per heavy atom. The standard InChI is InChI=1S/C45H58O8/c1-5-27-17-29(10-9-28(27)13-14-46)34-18-31-20-38(49)32(15-25(2)3)19-35(31)44-42(51-4)23-40-36(43(34)44)22-39(50)45(53-40)30-11-12-37(48)41(21-30)52-33-8-6-7-26(16-33)24-47/h9-12,19-21,23,25-29,33-34,39,45-50H,5-8,13-18,22,24H2,1-4H3. The molecule has 286 valence electrons. The number of phenols is 2. The van der Waals surface area contributed by atoms with E-state index in [1.54, 1.807) is 25.3 Å². The maximum absolute atomic E-state index is 11.9. The lowest BCUT2D eigenvalue weighted by molar-refractivity contribution is 0.0198. The summed E-state index contributed by atoms with van der Waals surface area (Å²) in [4.78, 5) is 0. The molecule has 8 atom stereocenters. The second-order valence-electron chi connectivity index (χ2n) is 16.5. The van der Waals surface area contributed by atoms with Gasteiger partial charge in [-0.05, 0) is 139 Å². The molecule has 5 N–H and O–H groups in total. The average Bonchev–Trinajstić information content (AvgIpc) is 3.15. The van der Waals surface area contributed by atoms with Gasteiger partial charge in [-0.2, -0.15) is 0 Å². The maximum atomic E-state index is 11.9. The van der Waals surface area contributed by atoms with Crippen LogP contribution in [0.3, 0.4) is 0 Å². The molecule has 7 rings (SSSR count). The van der Waals surface area contributed by atoms with E-state index in [1.807, 2.05) is 12.1 Å². The number of rotatable bonds is 11. The highest BCUT2D eigenvalue weighted by molar-refractivity contribution is 5.83. The maximum Gasteiger partial charge on any atom is 0.161 e. The van der Waals surface area contributed by atoms with Crippen LogP contribution < -0.4 is 14.2 Å². The summed E-state index contributed by atoms with van der Waals surface area (Å²) in [5.41, 5.74) is 6.96. The van der Waals surface area contributed by atoms with Crippen molar-refractivity contribution < 1.29 is 39.7 Å². The molecule has 53 heavy (non-hydrogen) atoms. The molecule has 3 aromatic rings. The summed E-state index contributed by atoms with van der Waals surface area (Å²) in [7, 11) is 1.69. The van der Waals surface area contributed by atoms with Crippen LogP contribution in [0, 0.1) is 29.6 Å². The molecule has 0 amide bonds. The molecule has 8 nitrogen and oxygen atoms in total. The highest BCUT2D eigenvalue weighted by atomic mass is 16.5. The Bertz CT molecular complexity index is 1800. The van der Waals surface area contributed by atoms with Gasteiger partial charge in [0.15, 0.2) is 11.5 Å². The monoisotopic (exact) mass is 726 g/mol. The summed E-state index contributed by atoms with van der Waals surface area (Å²) >= 11 is 0. The fourth-order valence-electron chi connectivity index (χ4n) is 9.86. The summed E-state index contributed by atoms with van der Waals surface area (Å²) in [5, 5.41) is 53.5. The number of aliphatic hydroxyl groups excluding tert-OH is 3. The number of ether oxygens (including phenoxy) is 3. The number of allylic oxidation sites excluding steroid dienone is 2. The summed E-state index contributed by atoms with van der Waals surface area (Å²) in [6.07, 6.45) is 11.2. The van der Waals surface area contributed by atoms with Gasteiger partial charge >= 0.3 is 0 Å². The molecule has 8 unspecified atom stereocenters. The fraction of sp³-hybridized carbons (Fsp3) is 0.556. The lowest BCUT2D eigenvalue weighted by Gasteiger charge is -2.42. The van der Waals surface area contributed by atoms with Gasteiger partial charge in [0.1, 0.15) is 23.4 Å². The molecule has 4 aliphatic rings. The molecule has 1 fully saturated rings. The van der Waals surface area contributed by atoms with E-state index >= 15 is 0 Å². The number of hydrogen-bond donors (Lipinski definition) is 5. The van der Waals surface area contributed by atoms with Crippen molar-refractivity contribution in [1.29, 1.82) is 0 Å². The second-order valence-corrected chi connectivity index (χ2v) is 16.5. The first kappa shape index (κ1) is 37.6. The van der Waals surface area contributed by atoms with Crippen LogP contribution in [0.2, 0.25) is 0 Å². The van der Waals surface area contributed by atoms with Crippen molar-refractivity contribution in [3.05, 3.63) is 76.4 Å². The van der Waals surface area contributed by atoms with Gasteiger partial charge in [-0.1, -0.05) is 45.4 Å². The van der Waals surface area contributed by atoms with Crippen molar-refractivity contribution >= 4 is 0 Å². The lowest BCUT2D eigenvalue weighted by Crippen LogP contribution is -2.33. The van der Waals surface area contributed by atoms with E-state index in [0.717, 1.165) is 91.2 Å².